The number of aryl methyl sites for hydroxylation is 1. The minimum atomic E-state index is -0.270. The summed E-state index contributed by atoms with van der Waals surface area (Å²) in [6, 6.07) is 10.1. The Morgan fingerprint density at radius 1 is 1.29 bits per heavy atom. The van der Waals surface area contributed by atoms with Crippen molar-refractivity contribution in [1.29, 1.82) is 0 Å². The first-order valence-electron chi connectivity index (χ1n) is 5.35. The van der Waals surface area contributed by atoms with Gasteiger partial charge in [-0.15, -0.1) is 0 Å². The van der Waals surface area contributed by atoms with Crippen LogP contribution in [0.25, 0.3) is 0 Å². The van der Waals surface area contributed by atoms with Crippen LogP contribution in [0, 0.1) is 5.92 Å². The molecule has 2 nitrogen and oxygen atoms in total. The maximum absolute atomic E-state index is 11.9. The normalized spacial score (nSPS) is 19.9. The molecule has 1 aliphatic heterocycles. The Kier molecular flexibility index (Phi) is 4.34. The average molecular weight is 360 g/mol. The van der Waals surface area contributed by atoms with Crippen LogP contribution in [0.4, 0.5) is 0 Å². The maximum atomic E-state index is 11.9. The summed E-state index contributed by atoms with van der Waals surface area (Å²) in [6.45, 7) is 0. The Morgan fingerprint density at radius 3 is 2.71 bits per heavy atom. The summed E-state index contributed by atoms with van der Waals surface area (Å²) in [5.74, 6) is -0.185. The standard InChI is InChI=1S/C13H11ClINO/c14-13-10(12(17)11(15)8-16-13)7-6-9-4-2-1-3-5-9/h1-5,8,10H,6-7H2. The zero-order valence-corrected chi connectivity index (χ0v) is 12.0. The molecule has 0 amide bonds. The molecule has 1 aliphatic rings. The van der Waals surface area contributed by atoms with Crippen LogP contribution in [0.3, 0.4) is 0 Å². The highest BCUT2D eigenvalue weighted by Gasteiger charge is 2.27. The van der Waals surface area contributed by atoms with Crippen molar-refractivity contribution in [2.75, 3.05) is 0 Å². The Labute approximate surface area is 119 Å². The van der Waals surface area contributed by atoms with Gasteiger partial charge >= 0.3 is 0 Å². The molecule has 4 heteroatoms. The summed E-state index contributed by atoms with van der Waals surface area (Å²) in [6.07, 6.45) is 3.09. The van der Waals surface area contributed by atoms with Gasteiger partial charge in [-0.3, -0.25) is 4.79 Å². The molecule has 0 spiro atoms. The highest BCUT2D eigenvalue weighted by Crippen LogP contribution is 2.25. The van der Waals surface area contributed by atoms with E-state index in [1.54, 1.807) is 0 Å². The molecule has 1 unspecified atom stereocenters. The highest BCUT2D eigenvalue weighted by molar-refractivity contribution is 14.1. The second kappa shape index (κ2) is 5.78. The zero-order chi connectivity index (χ0) is 12.3. The van der Waals surface area contributed by atoms with E-state index in [0.29, 0.717) is 15.2 Å². The van der Waals surface area contributed by atoms with Crippen molar-refractivity contribution in [3.63, 3.8) is 0 Å². The second-order valence-electron chi connectivity index (χ2n) is 3.87. The Bertz CT molecular complexity index is 479. The van der Waals surface area contributed by atoms with E-state index in [4.69, 9.17) is 11.6 Å². The molecular weight excluding hydrogens is 349 g/mol. The van der Waals surface area contributed by atoms with E-state index in [9.17, 15) is 4.79 Å². The first-order valence-corrected chi connectivity index (χ1v) is 6.81. The van der Waals surface area contributed by atoms with Crippen molar-refractivity contribution in [3.05, 3.63) is 45.7 Å². The molecule has 0 bridgehead atoms. The number of rotatable bonds is 3. The van der Waals surface area contributed by atoms with Crippen LogP contribution in [0.2, 0.25) is 0 Å². The predicted molar refractivity (Wildman–Crippen MR) is 78.7 cm³/mol. The first kappa shape index (κ1) is 12.8. The third-order valence-corrected chi connectivity index (χ3v) is 3.88. The number of hydrogen-bond acceptors (Lipinski definition) is 2. The van der Waals surface area contributed by atoms with E-state index in [-0.39, 0.29) is 11.7 Å². The first-order chi connectivity index (χ1) is 8.18. The van der Waals surface area contributed by atoms with Crippen LogP contribution < -0.4 is 0 Å². The van der Waals surface area contributed by atoms with E-state index >= 15 is 0 Å². The summed E-state index contributed by atoms with van der Waals surface area (Å²) in [4.78, 5) is 16.0. The molecule has 0 aromatic heterocycles. The molecule has 1 aromatic carbocycles. The molecule has 1 heterocycles. The minimum absolute atomic E-state index is 0.0848. The lowest BCUT2D eigenvalue weighted by atomic mass is 9.95. The summed E-state index contributed by atoms with van der Waals surface area (Å²) in [7, 11) is 0. The smallest absolute Gasteiger partial charge is 0.180 e. The van der Waals surface area contributed by atoms with Crippen molar-refractivity contribution in [2.24, 2.45) is 10.9 Å². The highest BCUT2D eigenvalue weighted by atomic mass is 127. The number of Topliss-reactive ketones (excluding diaryl/α,β-unsaturated/α-hetero) is 1. The van der Waals surface area contributed by atoms with E-state index in [0.717, 1.165) is 6.42 Å². The lowest BCUT2D eigenvalue weighted by molar-refractivity contribution is -0.116. The van der Waals surface area contributed by atoms with E-state index < -0.39 is 0 Å². The molecule has 2 rings (SSSR count). The predicted octanol–water partition coefficient (Wildman–Crippen LogP) is 3.73. The maximum Gasteiger partial charge on any atom is 0.180 e. The lowest BCUT2D eigenvalue weighted by Gasteiger charge is -2.16. The molecular formula is C13H11ClINO. The molecule has 88 valence electrons. The number of carbonyl (C=O) groups is 1. The Morgan fingerprint density at radius 2 is 2.00 bits per heavy atom. The fourth-order valence-electron chi connectivity index (χ4n) is 1.75. The number of allylic oxidation sites excluding steroid dienone is 1. The fraction of sp³-hybridized carbons (Fsp3) is 0.231. The topological polar surface area (TPSA) is 29.4 Å². The van der Waals surface area contributed by atoms with Gasteiger partial charge in [0.15, 0.2) is 5.78 Å². The number of carbonyl (C=O) groups excluding carboxylic acids is 1. The summed E-state index contributed by atoms with van der Waals surface area (Å²) < 4.78 is 0.657. The molecule has 1 aromatic rings. The minimum Gasteiger partial charge on any atom is -0.293 e. The molecule has 0 saturated carbocycles. The van der Waals surface area contributed by atoms with Crippen molar-refractivity contribution in [2.45, 2.75) is 12.8 Å². The molecule has 17 heavy (non-hydrogen) atoms. The van der Waals surface area contributed by atoms with Crippen molar-refractivity contribution in [3.8, 4) is 0 Å². The van der Waals surface area contributed by atoms with Gasteiger partial charge < -0.3 is 0 Å². The summed E-state index contributed by atoms with van der Waals surface area (Å²) in [5.41, 5.74) is 1.22. The quantitative estimate of drug-likeness (QED) is 0.756. The van der Waals surface area contributed by atoms with Gasteiger partial charge in [0.1, 0.15) is 5.17 Å². The second-order valence-corrected chi connectivity index (χ2v) is 5.42. The van der Waals surface area contributed by atoms with Gasteiger partial charge in [0.05, 0.1) is 9.50 Å². The van der Waals surface area contributed by atoms with Gasteiger partial charge in [-0.2, -0.15) is 0 Å². The van der Waals surface area contributed by atoms with Crippen LogP contribution in [0.5, 0.6) is 0 Å². The van der Waals surface area contributed by atoms with Crippen LogP contribution in [-0.4, -0.2) is 11.0 Å². The molecule has 0 aliphatic carbocycles. The number of ketones is 1. The largest absolute Gasteiger partial charge is 0.293 e. The monoisotopic (exact) mass is 359 g/mol. The Balaban J connectivity index is 2.03. The average Bonchev–Trinajstić information content (AvgIpc) is 2.35. The fourth-order valence-corrected chi connectivity index (χ4v) is 2.52. The molecule has 0 saturated heterocycles. The van der Waals surface area contributed by atoms with Crippen LogP contribution in [-0.2, 0) is 11.2 Å². The molecule has 0 radical (unpaired) electrons. The zero-order valence-electron chi connectivity index (χ0n) is 9.07. The lowest BCUT2D eigenvalue weighted by Crippen LogP contribution is -2.24. The van der Waals surface area contributed by atoms with Gasteiger partial charge in [0.2, 0.25) is 0 Å². The van der Waals surface area contributed by atoms with Crippen LogP contribution in [0.1, 0.15) is 12.0 Å². The molecule has 0 N–H and O–H groups in total. The third-order valence-electron chi connectivity index (χ3n) is 2.71. The van der Waals surface area contributed by atoms with Gasteiger partial charge in [0.25, 0.3) is 0 Å². The molecule has 1 atom stereocenters. The van der Waals surface area contributed by atoms with Crippen LogP contribution in [0.15, 0.2) is 45.1 Å². The SMILES string of the molecule is O=C1C(I)=CN=C(Cl)C1CCc1ccccc1. The number of nitrogens with zero attached hydrogens (tertiary/aromatic N) is 1. The van der Waals surface area contributed by atoms with E-state index in [2.05, 4.69) is 17.1 Å². The van der Waals surface area contributed by atoms with E-state index in [1.165, 1.54) is 11.8 Å². The van der Waals surface area contributed by atoms with Crippen molar-refractivity contribution < 1.29 is 4.79 Å². The summed E-state index contributed by atoms with van der Waals surface area (Å²) in [5, 5.41) is 0.409. The number of benzene rings is 1. The van der Waals surface area contributed by atoms with Crippen LogP contribution >= 0.6 is 34.2 Å². The van der Waals surface area contributed by atoms with Gasteiger partial charge in [-0.05, 0) is 41.0 Å². The van der Waals surface area contributed by atoms with Crippen molar-refractivity contribution in [1.82, 2.24) is 0 Å². The number of aliphatic imine (C=N–C) groups is 1. The number of halogens is 2. The number of hydrogen-bond donors (Lipinski definition) is 0. The summed E-state index contributed by atoms with van der Waals surface area (Å²) >= 11 is 8.00. The van der Waals surface area contributed by atoms with Gasteiger partial charge in [-0.25, -0.2) is 4.99 Å². The van der Waals surface area contributed by atoms with E-state index in [1.807, 2.05) is 40.8 Å². The third kappa shape index (κ3) is 3.16. The van der Waals surface area contributed by atoms with Gasteiger partial charge in [-0.1, -0.05) is 41.9 Å². The molecule has 0 fully saturated rings. The van der Waals surface area contributed by atoms with Crippen molar-refractivity contribution >= 4 is 45.1 Å². The van der Waals surface area contributed by atoms with Gasteiger partial charge in [0, 0.05) is 6.20 Å². The Hall–Kier alpha value is -0.680.